The zero-order valence-corrected chi connectivity index (χ0v) is 26.0. The monoisotopic (exact) mass is 623 g/mol. The fraction of sp³-hybridized carbons (Fsp3) is 0.467. The van der Waals surface area contributed by atoms with Crippen LogP contribution in [0.4, 0.5) is 4.39 Å². The lowest BCUT2D eigenvalue weighted by Crippen LogP contribution is -2.57. The summed E-state index contributed by atoms with van der Waals surface area (Å²) in [6.07, 6.45) is 4.38. The van der Waals surface area contributed by atoms with E-state index in [0.717, 1.165) is 35.2 Å². The summed E-state index contributed by atoms with van der Waals surface area (Å²) in [4.78, 5) is 43.8. The van der Waals surface area contributed by atoms with E-state index in [2.05, 4.69) is 15.5 Å². The van der Waals surface area contributed by atoms with E-state index in [9.17, 15) is 18.8 Å². The maximum absolute atomic E-state index is 14.6. The first-order valence-corrected chi connectivity index (χ1v) is 15.2. The van der Waals surface area contributed by atoms with Gasteiger partial charge < -0.3 is 14.8 Å². The number of aryl methyl sites for hydroxylation is 1. The van der Waals surface area contributed by atoms with Gasteiger partial charge in [0.25, 0.3) is 5.56 Å². The van der Waals surface area contributed by atoms with Crippen LogP contribution in [0.2, 0.25) is 0 Å². The summed E-state index contributed by atoms with van der Waals surface area (Å²) in [5.41, 5.74) is -2.07. The van der Waals surface area contributed by atoms with Crippen LogP contribution in [-0.4, -0.2) is 48.8 Å². The van der Waals surface area contributed by atoms with Crippen LogP contribution in [0.5, 0.6) is 5.75 Å². The lowest BCUT2D eigenvalue weighted by atomic mass is 9.91. The van der Waals surface area contributed by atoms with Crippen LogP contribution < -0.4 is 21.3 Å². The van der Waals surface area contributed by atoms with E-state index >= 15 is 0 Å². The number of benzene rings is 1. The lowest BCUT2D eigenvalue weighted by Gasteiger charge is -2.33. The summed E-state index contributed by atoms with van der Waals surface area (Å²) in [5.74, 6) is -0.779. The van der Waals surface area contributed by atoms with E-state index in [-0.39, 0.29) is 42.0 Å². The summed E-state index contributed by atoms with van der Waals surface area (Å²) in [6, 6.07) is 5.76. The first kappa shape index (κ1) is 31.1. The zero-order chi connectivity index (χ0) is 31.8. The number of hydrogen-bond acceptors (Lipinski definition) is 9. The van der Waals surface area contributed by atoms with Crippen molar-refractivity contribution in [2.24, 2.45) is 0 Å². The van der Waals surface area contributed by atoms with E-state index in [1.807, 2.05) is 6.07 Å². The second kappa shape index (κ2) is 12.3. The summed E-state index contributed by atoms with van der Waals surface area (Å²) < 4.78 is 28.8. The standard InChI is InChI=1S/C30H34FN7O5S/c1-17(2)43-23(21-15-19(31)9-10-22(21)42-14-11-32)16-36-27-24(18(3)26(44-27)38-33-12-13-34-38)25(39)37(29(36)41)30(4,5)28(40)35-20-7-6-8-20/h9-10,12-13,15,17,20,23H,6-8,14,16H2,1-5H3,(H,35,40)/t23-/m0/s1. The van der Waals surface area contributed by atoms with Crippen molar-refractivity contribution in [3.63, 3.8) is 0 Å². The van der Waals surface area contributed by atoms with Crippen LogP contribution in [0.25, 0.3) is 15.2 Å². The van der Waals surface area contributed by atoms with Crippen molar-refractivity contribution in [1.29, 1.82) is 5.26 Å². The second-order valence-corrected chi connectivity index (χ2v) is 12.5. The zero-order valence-electron chi connectivity index (χ0n) is 25.2. The minimum Gasteiger partial charge on any atom is -0.478 e. The van der Waals surface area contributed by atoms with Gasteiger partial charge in [-0.15, -0.1) is 4.80 Å². The molecule has 0 spiro atoms. The molecule has 1 N–H and O–H groups in total. The smallest absolute Gasteiger partial charge is 0.333 e. The Hall–Kier alpha value is -4.35. The number of halogens is 1. The van der Waals surface area contributed by atoms with Crippen LogP contribution >= 0.6 is 11.3 Å². The third-order valence-electron chi connectivity index (χ3n) is 7.74. The molecule has 12 nitrogen and oxygen atoms in total. The molecule has 0 bridgehead atoms. The van der Waals surface area contributed by atoms with E-state index in [1.165, 1.54) is 40.0 Å². The fourth-order valence-corrected chi connectivity index (χ4v) is 6.46. The van der Waals surface area contributed by atoms with Crippen molar-refractivity contribution >= 4 is 27.5 Å². The topological polar surface area (TPSA) is 146 Å². The Kier molecular flexibility index (Phi) is 8.71. The Balaban J connectivity index is 1.75. The quantitative estimate of drug-likeness (QED) is 0.266. The highest BCUT2D eigenvalue weighted by molar-refractivity contribution is 7.21. The SMILES string of the molecule is Cc1c(-n2nccn2)sc2c1c(=O)n(C(C)(C)C(=O)NC1CCC1)c(=O)n2C[C@H](OC(C)C)c1cc(F)ccc1OCC#N. The van der Waals surface area contributed by atoms with Gasteiger partial charge in [-0.25, -0.2) is 13.8 Å². The number of nitrogens with zero attached hydrogens (tertiary/aromatic N) is 6. The van der Waals surface area contributed by atoms with Crippen molar-refractivity contribution < 1.29 is 18.7 Å². The van der Waals surface area contributed by atoms with E-state index in [1.54, 1.807) is 34.6 Å². The molecule has 3 heterocycles. The molecule has 1 atom stereocenters. The molecule has 1 aromatic carbocycles. The van der Waals surface area contributed by atoms with Gasteiger partial charge in [-0.3, -0.25) is 14.2 Å². The Bertz CT molecular complexity index is 1850. The molecule has 3 aromatic heterocycles. The Morgan fingerprint density at radius 1 is 1.25 bits per heavy atom. The number of carbonyl (C=O) groups excluding carboxylic acids is 1. The highest BCUT2D eigenvalue weighted by Gasteiger charge is 2.38. The summed E-state index contributed by atoms with van der Waals surface area (Å²) in [6.45, 7) is 7.98. The minimum atomic E-state index is -1.55. The van der Waals surface area contributed by atoms with Crippen LogP contribution in [0.1, 0.15) is 64.2 Å². The van der Waals surface area contributed by atoms with Crippen LogP contribution in [-0.2, 0) is 21.6 Å². The van der Waals surface area contributed by atoms with Gasteiger partial charge in [-0.1, -0.05) is 11.3 Å². The van der Waals surface area contributed by atoms with Gasteiger partial charge in [-0.05, 0) is 72.1 Å². The number of aromatic nitrogens is 5. The van der Waals surface area contributed by atoms with E-state index in [4.69, 9.17) is 14.7 Å². The highest BCUT2D eigenvalue weighted by atomic mass is 32.1. The van der Waals surface area contributed by atoms with Gasteiger partial charge in [-0.2, -0.15) is 15.5 Å². The molecule has 1 saturated carbocycles. The van der Waals surface area contributed by atoms with Crippen LogP contribution in [0, 0.1) is 24.1 Å². The molecule has 0 unspecified atom stereocenters. The lowest BCUT2D eigenvalue weighted by molar-refractivity contribution is -0.130. The normalized spacial score (nSPS) is 14.4. The first-order valence-electron chi connectivity index (χ1n) is 14.4. The number of ether oxygens (including phenoxy) is 2. The second-order valence-electron chi connectivity index (χ2n) is 11.5. The van der Waals surface area contributed by atoms with Crippen molar-refractivity contribution in [1.82, 2.24) is 29.4 Å². The summed E-state index contributed by atoms with van der Waals surface area (Å²) >= 11 is 1.15. The number of amides is 1. The molecule has 0 radical (unpaired) electrons. The molecule has 1 aliphatic carbocycles. The molecular formula is C30H34FN7O5S. The Morgan fingerprint density at radius 2 is 1.95 bits per heavy atom. The molecule has 1 amide bonds. The molecule has 1 fully saturated rings. The number of thiophene rings is 1. The maximum Gasteiger partial charge on any atom is 0.333 e. The molecule has 0 saturated heterocycles. The predicted octanol–water partition coefficient (Wildman–Crippen LogP) is 3.73. The van der Waals surface area contributed by atoms with Crippen molar-refractivity contribution in [3.8, 4) is 16.8 Å². The summed E-state index contributed by atoms with van der Waals surface area (Å²) in [5, 5.41) is 21.3. The average molecular weight is 624 g/mol. The first-order chi connectivity index (χ1) is 20.9. The fourth-order valence-electron chi connectivity index (χ4n) is 5.24. The van der Waals surface area contributed by atoms with Gasteiger partial charge in [0.15, 0.2) is 6.61 Å². The van der Waals surface area contributed by atoms with Crippen LogP contribution in [0.15, 0.2) is 40.2 Å². The van der Waals surface area contributed by atoms with E-state index < -0.39 is 34.6 Å². The minimum absolute atomic E-state index is 0.00700. The molecular weight excluding hydrogens is 589 g/mol. The number of carbonyl (C=O) groups is 1. The predicted molar refractivity (Wildman–Crippen MR) is 162 cm³/mol. The van der Waals surface area contributed by atoms with Crippen molar-refractivity contribution in [2.45, 2.75) is 84.2 Å². The molecule has 14 heteroatoms. The number of rotatable bonds is 11. The molecule has 1 aliphatic rings. The van der Waals surface area contributed by atoms with Crippen molar-refractivity contribution in [2.75, 3.05) is 6.61 Å². The average Bonchev–Trinajstić information content (AvgIpc) is 3.59. The van der Waals surface area contributed by atoms with Gasteiger partial charge in [0, 0.05) is 17.2 Å². The Morgan fingerprint density at radius 3 is 2.57 bits per heavy atom. The molecule has 0 aliphatic heterocycles. The summed E-state index contributed by atoms with van der Waals surface area (Å²) in [7, 11) is 0. The molecule has 44 heavy (non-hydrogen) atoms. The highest BCUT2D eigenvalue weighted by Crippen LogP contribution is 2.35. The Labute approximate surface area is 256 Å². The third kappa shape index (κ3) is 5.77. The maximum atomic E-state index is 14.6. The molecule has 5 rings (SSSR count). The van der Waals surface area contributed by atoms with Crippen molar-refractivity contribution in [3.05, 3.63) is 68.4 Å². The largest absolute Gasteiger partial charge is 0.478 e. The number of hydrogen-bond donors (Lipinski definition) is 1. The van der Waals surface area contributed by atoms with Gasteiger partial charge in [0.2, 0.25) is 5.91 Å². The number of nitrogens with one attached hydrogen (secondary N) is 1. The van der Waals surface area contributed by atoms with Gasteiger partial charge in [0.05, 0.1) is 30.4 Å². The molecule has 232 valence electrons. The van der Waals surface area contributed by atoms with E-state index in [0.29, 0.717) is 15.4 Å². The van der Waals surface area contributed by atoms with Crippen LogP contribution in [0.3, 0.4) is 0 Å². The van der Waals surface area contributed by atoms with Gasteiger partial charge in [0.1, 0.15) is 39.1 Å². The number of nitriles is 1. The number of fused-ring (bicyclic) bond motifs is 1. The van der Waals surface area contributed by atoms with Gasteiger partial charge >= 0.3 is 5.69 Å². The third-order valence-corrected chi connectivity index (χ3v) is 9.02. The molecule has 4 aromatic rings.